The van der Waals surface area contributed by atoms with Gasteiger partial charge >= 0.3 is 5.97 Å². The summed E-state index contributed by atoms with van der Waals surface area (Å²) in [6.07, 6.45) is 1.01. The third-order valence-corrected chi connectivity index (χ3v) is 6.27. The van der Waals surface area contributed by atoms with E-state index in [0.29, 0.717) is 5.25 Å². The Hall–Kier alpha value is -1.05. The molecule has 1 saturated carbocycles. The first kappa shape index (κ1) is 14.9. The van der Waals surface area contributed by atoms with E-state index in [-0.39, 0.29) is 29.6 Å². The largest absolute Gasteiger partial charge is 0.477 e. The number of β-lactam (4-membered cyclic amide) rings is 1. The number of aliphatic hydroxyl groups is 1. The van der Waals surface area contributed by atoms with Gasteiger partial charge in [-0.25, -0.2) is 4.79 Å². The lowest BCUT2D eigenvalue weighted by Crippen LogP contribution is -2.63. The van der Waals surface area contributed by atoms with Gasteiger partial charge in [0.15, 0.2) is 0 Å². The topological polar surface area (TPSA) is 104 Å². The minimum atomic E-state index is -1.06. The molecule has 6 nitrogen and oxygen atoms in total. The maximum absolute atomic E-state index is 12.2. The third kappa shape index (κ3) is 2.10. The molecular weight excluding hydrogens is 292 g/mol. The van der Waals surface area contributed by atoms with Crippen molar-refractivity contribution >= 4 is 23.6 Å². The fourth-order valence-corrected chi connectivity index (χ4v) is 5.26. The van der Waals surface area contributed by atoms with Gasteiger partial charge in [0.2, 0.25) is 5.91 Å². The summed E-state index contributed by atoms with van der Waals surface area (Å²) in [4.78, 5) is 25.9. The van der Waals surface area contributed by atoms with E-state index in [2.05, 4.69) is 0 Å². The predicted octanol–water partition coefficient (Wildman–Crippen LogP) is 0.363. The van der Waals surface area contributed by atoms with Crippen molar-refractivity contribution in [2.75, 3.05) is 0 Å². The lowest BCUT2D eigenvalue weighted by molar-refractivity contribution is -0.163. The normalized spacial score (nSPS) is 39.7. The molecule has 3 rings (SSSR count). The van der Waals surface area contributed by atoms with Crippen molar-refractivity contribution in [1.29, 1.82) is 0 Å². The number of nitrogens with zero attached hydrogens (tertiary/aromatic N) is 1. The Balaban J connectivity index is 1.86. The number of aliphatic hydroxyl groups excluding tert-OH is 1. The zero-order valence-corrected chi connectivity index (χ0v) is 12.8. The van der Waals surface area contributed by atoms with E-state index in [9.17, 15) is 19.8 Å². The molecule has 1 amide bonds. The van der Waals surface area contributed by atoms with Crippen LogP contribution in [0.15, 0.2) is 10.6 Å². The molecule has 2 fully saturated rings. The Morgan fingerprint density at radius 3 is 2.57 bits per heavy atom. The predicted molar refractivity (Wildman–Crippen MR) is 78.2 cm³/mol. The Bertz CT molecular complexity index is 527. The van der Waals surface area contributed by atoms with Gasteiger partial charge in [-0.05, 0) is 19.8 Å². The van der Waals surface area contributed by atoms with Crippen LogP contribution in [0.25, 0.3) is 0 Å². The van der Waals surface area contributed by atoms with E-state index in [1.807, 2.05) is 6.92 Å². The van der Waals surface area contributed by atoms with E-state index in [1.54, 1.807) is 18.7 Å². The van der Waals surface area contributed by atoms with Crippen LogP contribution in [0, 0.1) is 11.8 Å². The average molecular weight is 312 g/mol. The van der Waals surface area contributed by atoms with Crippen molar-refractivity contribution in [3.63, 3.8) is 0 Å². The minimum absolute atomic E-state index is 0.0461. The molecule has 0 unspecified atom stereocenters. The molecule has 116 valence electrons. The highest BCUT2D eigenvalue weighted by Gasteiger charge is 2.60. The van der Waals surface area contributed by atoms with Crippen LogP contribution in [0.1, 0.15) is 26.7 Å². The molecule has 0 aromatic heterocycles. The van der Waals surface area contributed by atoms with Crippen LogP contribution < -0.4 is 5.73 Å². The number of nitrogens with two attached hydrogens (primary N) is 1. The van der Waals surface area contributed by atoms with Crippen molar-refractivity contribution in [3.05, 3.63) is 10.6 Å². The van der Waals surface area contributed by atoms with Crippen molar-refractivity contribution < 1.29 is 19.8 Å². The molecule has 2 heterocycles. The highest BCUT2D eigenvalue weighted by Crippen LogP contribution is 2.52. The summed E-state index contributed by atoms with van der Waals surface area (Å²) in [6.45, 7) is 3.53. The molecule has 0 radical (unpaired) electrons. The average Bonchev–Trinajstić information content (AvgIpc) is 2.58. The number of hydrogen-bond acceptors (Lipinski definition) is 5. The molecule has 21 heavy (non-hydrogen) atoms. The number of carboxylic acid groups (broad SMARTS) is 1. The van der Waals surface area contributed by atoms with Crippen LogP contribution in [0.4, 0.5) is 0 Å². The molecule has 2 aliphatic heterocycles. The fourth-order valence-electron chi connectivity index (χ4n) is 3.56. The number of carbonyl (C=O) groups excluding carboxylic acids is 1. The van der Waals surface area contributed by atoms with Crippen molar-refractivity contribution in [2.45, 2.75) is 50.1 Å². The number of fused-ring (bicyclic) bond motifs is 1. The van der Waals surface area contributed by atoms with Gasteiger partial charge in [-0.15, -0.1) is 11.8 Å². The van der Waals surface area contributed by atoms with Gasteiger partial charge in [0.1, 0.15) is 5.70 Å². The molecule has 7 heteroatoms. The molecule has 0 spiro atoms. The second-order valence-corrected chi connectivity index (χ2v) is 7.59. The molecule has 0 aromatic carbocycles. The van der Waals surface area contributed by atoms with Crippen LogP contribution in [0.2, 0.25) is 0 Å². The zero-order valence-electron chi connectivity index (χ0n) is 12.0. The van der Waals surface area contributed by atoms with Gasteiger partial charge in [-0.1, -0.05) is 6.92 Å². The first-order valence-electron chi connectivity index (χ1n) is 7.23. The molecule has 0 bridgehead atoms. The summed E-state index contributed by atoms with van der Waals surface area (Å²) in [5, 5.41) is 19.6. The van der Waals surface area contributed by atoms with E-state index in [4.69, 9.17) is 5.73 Å². The fraction of sp³-hybridized carbons (Fsp3) is 0.714. The Labute approximate surface area is 127 Å². The van der Waals surface area contributed by atoms with E-state index < -0.39 is 18.0 Å². The Morgan fingerprint density at radius 1 is 1.48 bits per heavy atom. The number of aliphatic carboxylic acids is 1. The molecule has 3 aliphatic rings. The number of amides is 1. The molecule has 1 saturated heterocycles. The quantitative estimate of drug-likeness (QED) is 0.648. The third-order valence-electron chi connectivity index (χ3n) is 4.74. The van der Waals surface area contributed by atoms with Crippen LogP contribution in [0.5, 0.6) is 0 Å². The van der Waals surface area contributed by atoms with Crippen molar-refractivity contribution in [3.8, 4) is 0 Å². The molecule has 4 N–H and O–H groups in total. The summed E-state index contributed by atoms with van der Waals surface area (Å²) in [6, 6.07) is -0.0168. The lowest BCUT2D eigenvalue weighted by atomic mass is 9.79. The van der Waals surface area contributed by atoms with Gasteiger partial charge in [-0.2, -0.15) is 0 Å². The first-order chi connectivity index (χ1) is 9.82. The summed E-state index contributed by atoms with van der Waals surface area (Å²) < 4.78 is 0. The number of carbonyl (C=O) groups is 2. The van der Waals surface area contributed by atoms with Gasteiger partial charge < -0.3 is 20.8 Å². The van der Waals surface area contributed by atoms with Gasteiger partial charge in [0, 0.05) is 22.1 Å². The second kappa shape index (κ2) is 5.00. The van der Waals surface area contributed by atoms with E-state index in [0.717, 1.165) is 17.7 Å². The van der Waals surface area contributed by atoms with Gasteiger partial charge in [0.25, 0.3) is 0 Å². The lowest BCUT2D eigenvalue weighted by Gasteiger charge is -2.46. The summed E-state index contributed by atoms with van der Waals surface area (Å²) in [5.74, 6) is -1.88. The minimum Gasteiger partial charge on any atom is -0.477 e. The second-order valence-electron chi connectivity index (χ2n) is 6.24. The smallest absolute Gasteiger partial charge is 0.353 e. The Kier molecular flexibility index (Phi) is 3.54. The molecule has 4 atom stereocenters. The first-order valence-corrected chi connectivity index (χ1v) is 8.11. The van der Waals surface area contributed by atoms with Crippen LogP contribution in [-0.4, -0.2) is 50.4 Å². The summed E-state index contributed by atoms with van der Waals surface area (Å²) in [7, 11) is 0. The van der Waals surface area contributed by atoms with E-state index >= 15 is 0 Å². The zero-order chi connectivity index (χ0) is 15.5. The summed E-state index contributed by atoms with van der Waals surface area (Å²) >= 11 is 1.55. The standard InChI is InChI=1S/C14H20N2O4S/c1-5-10-9(6(2)17)13(18)16(10)11(14(19)20)12(5)21-8-3-7(15)4-8/h5-10,17H,3-4,15H2,1-2H3,(H,19,20)/t5-,6-,7-,8-,9-,10-/m1/s1. The molecule has 0 aromatic rings. The number of thioether (sulfide) groups is 1. The van der Waals surface area contributed by atoms with E-state index in [1.165, 1.54) is 4.90 Å². The van der Waals surface area contributed by atoms with Crippen LogP contribution >= 0.6 is 11.8 Å². The molecule has 1 aliphatic carbocycles. The van der Waals surface area contributed by atoms with Crippen LogP contribution in [-0.2, 0) is 9.59 Å². The van der Waals surface area contributed by atoms with Crippen LogP contribution in [0.3, 0.4) is 0 Å². The SMILES string of the molecule is C[C@@H](O)[C@H]1C(=O)N2C(C(=O)O)=C(S[C@H]3C[C@H](N)C3)[C@H](C)[C@H]12. The summed E-state index contributed by atoms with van der Waals surface area (Å²) in [5.41, 5.74) is 5.89. The van der Waals surface area contributed by atoms with Crippen molar-refractivity contribution in [2.24, 2.45) is 17.6 Å². The van der Waals surface area contributed by atoms with Crippen molar-refractivity contribution in [1.82, 2.24) is 4.90 Å². The maximum atomic E-state index is 12.2. The number of rotatable bonds is 4. The maximum Gasteiger partial charge on any atom is 0.353 e. The highest BCUT2D eigenvalue weighted by molar-refractivity contribution is 8.03. The monoisotopic (exact) mass is 312 g/mol. The number of carboxylic acids is 1. The number of hydrogen-bond donors (Lipinski definition) is 3. The Morgan fingerprint density at radius 2 is 2.10 bits per heavy atom. The highest BCUT2D eigenvalue weighted by atomic mass is 32.2. The van der Waals surface area contributed by atoms with Gasteiger partial charge in [-0.3, -0.25) is 4.79 Å². The van der Waals surface area contributed by atoms with Gasteiger partial charge in [0.05, 0.1) is 18.1 Å². The molecular formula is C14H20N2O4S.